The zero-order valence-corrected chi connectivity index (χ0v) is 14.6. The molecule has 0 saturated carbocycles. The molecule has 25 heavy (non-hydrogen) atoms. The predicted molar refractivity (Wildman–Crippen MR) is 99.5 cm³/mol. The summed E-state index contributed by atoms with van der Waals surface area (Å²) in [5.74, 6) is 0.941. The molecule has 128 valence electrons. The number of fused-ring (bicyclic) bond motifs is 1. The number of nitrogens with zero attached hydrogens (tertiary/aromatic N) is 2. The van der Waals surface area contributed by atoms with Gasteiger partial charge in [-0.05, 0) is 35.7 Å². The Labute approximate surface area is 148 Å². The van der Waals surface area contributed by atoms with E-state index in [2.05, 4.69) is 11.1 Å². The highest BCUT2D eigenvalue weighted by molar-refractivity contribution is 5.79. The minimum absolute atomic E-state index is 0.110. The second kappa shape index (κ2) is 7.79. The molecule has 0 atom stereocenters. The average Bonchev–Trinajstić information content (AvgIpc) is 2.66. The van der Waals surface area contributed by atoms with E-state index >= 15 is 0 Å². The van der Waals surface area contributed by atoms with Crippen molar-refractivity contribution in [1.29, 1.82) is 0 Å². The molecule has 0 spiro atoms. The van der Waals surface area contributed by atoms with Gasteiger partial charge in [-0.25, -0.2) is 0 Å². The minimum Gasteiger partial charge on any atom is -0.496 e. The lowest BCUT2D eigenvalue weighted by atomic mass is 10.1. The molecule has 0 aliphatic rings. The van der Waals surface area contributed by atoms with E-state index < -0.39 is 0 Å². The average molecular weight is 334 g/mol. The number of pyridine rings is 1. The van der Waals surface area contributed by atoms with Crippen LogP contribution in [-0.4, -0.2) is 29.9 Å². The molecule has 0 unspecified atom stereocenters. The van der Waals surface area contributed by atoms with Crippen LogP contribution in [0.2, 0.25) is 0 Å². The summed E-state index contributed by atoms with van der Waals surface area (Å²) in [6, 6.07) is 17.9. The van der Waals surface area contributed by atoms with Gasteiger partial charge in [-0.2, -0.15) is 0 Å². The number of para-hydroxylation sites is 2. The van der Waals surface area contributed by atoms with Gasteiger partial charge in [-0.15, -0.1) is 0 Å². The molecule has 2 aromatic carbocycles. The van der Waals surface area contributed by atoms with Crippen molar-refractivity contribution < 1.29 is 9.53 Å². The number of rotatable bonds is 6. The van der Waals surface area contributed by atoms with Gasteiger partial charge in [0.1, 0.15) is 5.75 Å². The van der Waals surface area contributed by atoms with Gasteiger partial charge in [-0.1, -0.05) is 36.4 Å². The van der Waals surface area contributed by atoms with Crippen LogP contribution < -0.4 is 4.74 Å². The number of aryl methyl sites for hydroxylation is 1. The van der Waals surface area contributed by atoms with Gasteiger partial charge in [-0.3, -0.25) is 9.78 Å². The van der Waals surface area contributed by atoms with E-state index in [0.717, 1.165) is 27.8 Å². The Balaban J connectivity index is 1.61. The Morgan fingerprint density at radius 2 is 1.88 bits per heavy atom. The lowest BCUT2D eigenvalue weighted by molar-refractivity contribution is -0.130. The lowest BCUT2D eigenvalue weighted by Crippen LogP contribution is -2.26. The van der Waals surface area contributed by atoms with E-state index in [-0.39, 0.29) is 5.91 Å². The molecular weight excluding hydrogens is 312 g/mol. The Kier molecular flexibility index (Phi) is 5.29. The van der Waals surface area contributed by atoms with Crippen LogP contribution in [0.1, 0.15) is 17.5 Å². The summed E-state index contributed by atoms with van der Waals surface area (Å²) >= 11 is 0. The maximum atomic E-state index is 12.4. The number of amides is 1. The molecule has 1 amide bonds. The van der Waals surface area contributed by atoms with Gasteiger partial charge >= 0.3 is 0 Å². The first-order valence-corrected chi connectivity index (χ1v) is 8.37. The lowest BCUT2D eigenvalue weighted by Gasteiger charge is -2.18. The topological polar surface area (TPSA) is 42.4 Å². The first-order valence-electron chi connectivity index (χ1n) is 8.37. The Bertz CT molecular complexity index is 876. The maximum absolute atomic E-state index is 12.4. The normalized spacial score (nSPS) is 10.6. The monoisotopic (exact) mass is 334 g/mol. The Morgan fingerprint density at radius 1 is 1.12 bits per heavy atom. The molecule has 0 bridgehead atoms. The smallest absolute Gasteiger partial charge is 0.222 e. The summed E-state index contributed by atoms with van der Waals surface area (Å²) in [5, 5.41) is 1.09. The molecule has 3 rings (SSSR count). The summed E-state index contributed by atoms with van der Waals surface area (Å²) in [6.45, 7) is 0.558. The van der Waals surface area contributed by atoms with Gasteiger partial charge in [0, 0.05) is 31.6 Å². The van der Waals surface area contributed by atoms with Crippen molar-refractivity contribution in [2.45, 2.75) is 19.4 Å². The summed E-state index contributed by atoms with van der Waals surface area (Å²) in [6.07, 6.45) is 2.97. The molecule has 0 fully saturated rings. The van der Waals surface area contributed by atoms with E-state index in [1.807, 2.05) is 61.8 Å². The van der Waals surface area contributed by atoms with Gasteiger partial charge in [0.15, 0.2) is 0 Å². The summed E-state index contributed by atoms with van der Waals surface area (Å²) in [4.78, 5) is 18.7. The van der Waals surface area contributed by atoms with Crippen LogP contribution in [0.5, 0.6) is 5.75 Å². The molecule has 1 aromatic heterocycles. The first kappa shape index (κ1) is 17.0. The molecule has 4 nitrogen and oxygen atoms in total. The molecule has 0 aliphatic carbocycles. The highest BCUT2D eigenvalue weighted by Crippen LogP contribution is 2.19. The number of aromatic nitrogens is 1. The fourth-order valence-corrected chi connectivity index (χ4v) is 2.91. The molecule has 1 heterocycles. The number of benzene rings is 2. The number of carbonyl (C=O) groups is 1. The van der Waals surface area contributed by atoms with Crippen molar-refractivity contribution >= 4 is 16.8 Å². The third-order valence-corrected chi connectivity index (χ3v) is 4.29. The van der Waals surface area contributed by atoms with Crippen LogP contribution >= 0.6 is 0 Å². The molecule has 0 saturated heterocycles. The standard InChI is InChI=1S/C21H22N2O2/c1-23(15-16-13-18-8-3-5-9-19(18)22-14-16)21(24)12-11-17-7-4-6-10-20(17)25-2/h3-10,13-14H,11-12,15H2,1-2H3. The van der Waals surface area contributed by atoms with E-state index in [4.69, 9.17) is 4.74 Å². The highest BCUT2D eigenvalue weighted by Gasteiger charge is 2.11. The van der Waals surface area contributed by atoms with Gasteiger partial charge in [0.25, 0.3) is 0 Å². The number of hydrogen-bond donors (Lipinski definition) is 0. The van der Waals surface area contributed by atoms with Gasteiger partial charge < -0.3 is 9.64 Å². The van der Waals surface area contributed by atoms with Crippen LogP contribution in [0.25, 0.3) is 10.9 Å². The molecule has 0 N–H and O–H groups in total. The second-order valence-corrected chi connectivity index (χ2v) is 6.10. The summed E-state index contributed by atoms with van der Waals surface area (Å²) in [7, 11) is 3.49. The third-order valence-electron chi connectivity index (χ3n) is 4.29. The van der Waals surface area contributed by atoms with Crippen LogP contribution in [0, 0.1) is 0 Å². The predicted octanol–water partition coefficient (Wildman–Crippen LogP) is 3.83. The zero-order chi connectivity index (χ0) is 17.6. The summed E-state index contributed by atoms with van der Waals surface area (Å²) < 4.78 is 5.34. The van der Waals surface area contributed by atoms with Crippen molar-refractivity contribution in [2.75, 3.05) is 14.2 Å². The molecule has 0 radical (unpaired) electrons. The fourth-order valence-electron chi connectivity index (χ4n) is 2.91. The summed E-state index contributed by atoms with van der Waals surface area (Å²) in [5.41, 5.74) is 3.06. The van der Waals surface area contributed by atoms with Gasteiger partial charge in [0.05, 0.1) is 12.6 Å². The third kappa shape index (κ3) is 4.15. The quantitative estimate of drug-likeness (QED) is 0.688. The minimum atomic E-state index is 0.110. The first-order chi connectivity index (χ1) is 12.2. The maximum Gasteiger partial charge on any atom is 0.222 e. The van der Waals surface area contributed by atoms with Crippen molar-refractivity contribution in [3.63, 3.8) is 0 Å². The highest BCUT2D eigenvalue weighted by atomic mass is 16.5. The van der Waals surface area contributed by atoms with Crippen molar-refractivity contribution in [3.8, 4) is 5.75 Å². The second-order valence-electron chi connectivity index (χ2n) is 6.10. The van der Waals surface area contributed by atoms with Crippen molar-refractivity contribution in [3.05, 3.63) is 71.9 Å². The SMILES string of the molecule is COc1ccccc1CCC(=O)N(C)Cc1cnc2ccccc2c1. The fraction of sp³-hybridized carbons (Fsp3) is 0.238. The number of methoxy groups -OCH3 is 1. The molecule has 4 heteroatoms. The van der Waals surface area contributed by atoms with Crippen LogP contribution in [0.3, 0.4) is 0 Å². The molecule has 0 aliphatic heterocycles. The number of ether oxygens (including phenoxy) is 1. The number of hydrogen-bond acceptors (Lipinski definition) is 3. The largest absolute Gasteiger partial charge is 0.496 e. The van der Waals surface area contributed by atoms with Crippen LogP contribution in [0.15, 0.2) is 60.8 Å². The van der Waals surface area contributed by atoms with Crippen molar-refractivity contribution in [2.24, 2.45) is 0 Å². The molecular formula is C21H22N2O2. The van der Waals surface area contributed by atoms with E-state index in [1.54, 1.807) is 12.0 Å². The van der Waals surface area contributed by atoms with E-state index in [9.17, 15) is 4.79 Å². The van der Waals surface area contributed by atoms with Crippen molar-refractivity contribution in [1.82, 2.24) is 9.88 Å². The Hall–Kier alpha value is -2.88. The van der Waals surface area contributed by atoms with Crippen LogP contribution in [-0.2, 0) is 17.8 Å². The molecule has 3 aromatic rings. The van der Waals surface area contributed by atoms with E-state index in [1.165, 1.54) is 0 Å². The zero-order valence-electron chi connectivity index (χ0n) is 14.6. The van der Waals surface area contributed by atoms with Crippen LogP contribution in [0.4, 0.5) is 0 Å². The van der Waals surface area contributed by atoms with E-state index in [0.29, 0.717) is 19.4 Å². The number of carbonyl (C=O) groups excluding carboxylic acids is 1. The Morgan fingerprint density at radius 3 is 2.72 bits per heavy atom. The van der Waals surface area contributed by atoms with Gasteiger partial charge in [0.2, 0.25) is 5.91 Å².